The minimum Gasteiger partial charge on any atom is -0.508 e. The van der Waals surface area contributed by atoms with Gasteiger partial charge in [-0.3, -0.25) is 4.79 Å². The van der Waals surface area contributed by atoms with E-state index in [4.69, 9.17) is 9.84 Å². The molecule has 0 spiro atoms. The van der Waals surface area contributed by atoms with Gasteiger partial charge in [-0.1, -0.05) is 6.92 Å². The van der Waals surface area contributed by atoms with E-state index in [-0.39, 0.29) is 5.75 Å². The summed E-state index contributed by atoms with van der Waals surface area (Å²) in [5.74, 6) is -0.587. The second-order valence-electron chi connectivity index (χ2n) is 4.79. The number of fused-ring (bicyclic) bond motifs is 1. The first-order chi connectivity index (χ1) is 8.43. The summed E-state index contributed by atoms with van der Waals surface area (Å²) in [7, 11) is 0. The maximum Gasteiger partial charge on any atom is 0.306 e. The number of rotatable bonds is 4. The fourth-order valence-electron chi connectivity index (χ4n) is 2.22. The molecule has 1 heterocycles. The van der Waals surface area contributed by atoms with Crippen LogP contribution in [0.15, 0.2) is 18.2 Å². The Labute approximate surface area is 105 Å². The molecule has 2 rings (SSSR count). The van der Waals surface area contributed by atoms with E-state index in [2.05, 4.69) is 5.32 Å². The summed E-state index contributed by atoms with van der Waals surface area (Å²) in [6.45, 7) is 3.66. The summed E-state index contributed by atoms with van der Waals surface area (Å²) in [5.41, 5.74) is 0.0328. The topological polar surface area (TPSA) is 78.8 Å². The van der Waals surface area contributed by atoms with E-state index in [1.807, 2.05) is 13.8 Å². The van der Waals surface area contributed by atoms with E-state index in [0.29, 0.717) is 18.6 Å². The molecule has 0 saturated heterocycles. The van der Waals surface area contributed by atoms with Crippen molar-refractivity contribution in [3.05, 3.63) is 18.2 Å². The molecule has 5 heteroatoms. The summed E-state index contributed by atoms with van der Waals surface area (Å²) in [6, 6.07) is 4.81. The number of aliphatic carboxylic acids is 1. The maximum absolute atomic E-state index is 11.1. The molecule has 0 radical (unpaired) electrons. The van der Waals surface area contributed by atoms with Gasteiger partial charge in [-0.15, -0.1) is 0 Å². The van der Waals surface area contributed by atoms with Crippen LogP contribution in [-0.4, -0.2) is 21.9 Å². The zero-order valence-electron chi connectivity index (χ0n) is 10.4. The van der Waals surface area contributed by atoms with Crippen LogP contribution in [0.25, 0.3) is 0 Å². The normalized spacial score (nSPS) is 22.8. The molecule has 0 bridgehead atoms. The van der Waals surface area contributed by atoms with Crippen molar-refractivity contribution in [1.29, 1.82) is 0 Å². The fourth-order valence-corrected chi connectivity index (χ4v) is 2.22. The lowest BCUT2D eigenvalue weighted by Gasteiger charge is -2.27. The lowest BCUT2D eigenvalue weighted by Crippen LogP contribution is -2.40. The Morgan fingerprint density at radius 3 is 2.89 bits per heavy atom. The number of carboxylic acids is 1. The van der Waals surface area contributed by atoms with E-state index in [9.17, 15) is 9.90 Å². The van der Waals surface area contributed by atoms with Gasteiger partial charge >= 0.3 is 5.97 Å². The molecule has 1 aliphatic rings. The van der Waals surface area contributed by atoms with Gasteiger partial charge < -0.3 is 20.3 Å². The molecule has 0 saturated carbocycles. The Hall–Kier alpha value is -1.91. The van der Waals surface area contributed by atoms with Crippen molar-refractivity contribution in [3.63, 3.8) is 0 Å². The highest BCUT2D eigenvalue weighted by atomic mass is 16.5. The third-order valence-electron chi connectivity index (χ3n) is 3.18. The van der Waals surface area contributed by atoms with E-state index in [1.54, 1.807) is 12.1 Å². The van der Waals surface area contributed by atoms with Gasteiger partial charge in [-0.25, -0.2) is 0 Å². The van der Waals surface area contributed by atoms with Crippen LogP contribution in [-0.2, 0) is 4.79 Å². The standard InChI is InChI=1S/C13H17NO4/c1-3-8(12(16)17)7-13(2)14-10-5-4-9(15)6-11(10)18-13/h4-6,8,14-15H,3,7H2,1-2H3,(H,16,17). The van der Waals surface area contributed by atoms with Gasteiger partial charge in [0.05, 0.1) is 11.6 Å². The second kappa shape index (κ2) is 4.40. The molecule has 2 atom stereocenters. The van der Waals surface area contributed by atoms with Crippen LogP contribution in [0.3, 0.4) is 0 Å². The van der Waals surface area contributed by atoms with Crippen LogP contribution < -0.4 is 10.1 Å². The third-order valence-corrected chi connectivity index (χ3v) is 3.18. The van der Waals surface area contributed by atoms with Crippen molar-refractivity contribution in [2.24, 2.45) is 5.92 Å². The van der Waals surface area contributed by atoms with Crippen LogP contribution in [0.1, 0.15) is 26.7 Å². The molecule has 0 aliphatic carbocycles. The molecule has 5 nitrogen and oxygen atoms in total. The van der Waals surface area contributed by atoms with Crippen LogP contribution in [0.5, 0.6) is 11.5 Å². The predicted octanol–water partition coefficient (Wildman–Crippen LogP) is 2.41. The van der Waals surface area contributed by atoms with Crippen molar-refractivity contribution < 1.29 is 19.7 Å². The third kappa shape index (κ3) is 2.34. The zero-order chi connectivity index (χ0) is 13.3. The number of phenolic OH excluding ortho intramolecular Hbond substituents is 1. The van der Waals surface area contributed by atoms with Crippen molar-refractivity contribution in [2.45, 2.75) is 32.4 Å². The quantitative estimate of drug-likeness (QED) is 0.716. The molecule has 1 aliphatic heterocycles. The number of nitrogens with one attached hydrogen (secondary N) is 1. The molecule has 18 heavy (non-hydrogen) atoms. The summed E-state index contributed by atoms with van der Waals surface area (Å²) in [6.07, 6.45) is 0.922. The lowest BCUT2D eigenvalue weighted by atomic mass is 9.96. The Balaban J connectivity index is 2.15. The second-order valence-corrected chi connectivity index (χ2v) is 4.79. The number of anilines is 1. The number of hydrogen-bond donors (Lipinski definition) is 3. The van der Waals surface area contributed by atoms with E-state index < -0.39 is 17.6 Å². The van der Waals surface area contributed by atoms with Gasteiger partial charge in [-0.2, -0.15) is 0 Å². The van der Waals surface area contributed by atoms with Gasteiger partial charge in [0, 0.05) is 12.5 Å². The van der Waals surface area contributed by atoms with Crippen LogP contribution in [0.4, 0.5) is 5.69 Å². The smallest absolute Gasteiger partial charge is 0.306 e. The molecule has 1 aromatic carbocycles. The Kier molecular flexibility index (Phi) is 3.07. The first-order valence-corrected chi connectivity index (χ1v) is 5.96. The van der Waals surface area contributed by atoms with Gasteiger partial charge in [0.15, 0.2) is 5.72 Å². The number of carboxylic acid groups (broad SMARTS) is 1. The average Bonchev–Trinajstić information content (AvgIpc) is 2.61. The van der Waals surface area contributed by atoms with Crippen LogP contribution in [0.2, 0.25) is 0 Å². The van der Waals surface area contributed by atoms with Crippen molar-refractivity contribution >= 4 is 11.7 Å². The zero-order valence-corrected chi connectivity index (χ0v) is 10.4. The first-order valence-electron chi connectivity index (χ1n) is 5.96. The average molecular weight is 251 g/mol. The minimum atomic E-state index is -0.817. The highest BCUT2D eigenvalue weighted by Gasteiger charge is 2.38. The monoisotopic (exact) mass is 251 g/mol. The van der Waals surface area contributed by atoms with Crippen LogP contribution in [0, 0.1) is 5.92 Å². The molecular weight excluding hydrogens is 234 g/mol. The minimum absolute atomic E-state index is 0.130. The van der Waals surface area contributed by atoms with E-state index >= 15 is 0 Å². The highest BCUT2D eigenvalue weighted by Crippen LogP contribution is 2.41. The van der Waals surface area contributed by atoms with Gasteiger partial charge in [0.25, 0.3) is 0 Å². The number of aromatic hydroxyl groups is 1. The molecule has 98 valence electrons. The van der Waals surface area contributed by atoms with Gasteiger partial charge in [-0.05, 0) is 25.5 Å². The van der Waals surface area contributed by atoms with Crippen molar-refractivity contribution in [1.82, 2.24) is 0 Å². The Morgan fingerprint density at radius 2 is 2.28 bits per heavy atom. The number of phenols is 1. The van der Waals surface area contributed by atoms with E-state index in [1.165, 1.54) is 6.07 Å². The highest BCUT2D eigenvalue weighted by molar-refractivity contribution is 5.70. The molecule has 0 amide bonds. The Bertz CT molecular complexity index is 474. The largest absolute Gasteiger partial charge is 0.508 e. The number of ether oxygens (including phenoxy) is 1. The molecule has 3 N–H and O–H groups in total. The first kappa shape index (κ1) is 12.5. The van der Waals surface area contributed by atoms with Crippen molar-refractivity contribution in [3.8, 4) is 11.5 Å². The van der Waals surface area contributed by atoms with Gasteiger partial charge in [0.1, 0.15) is 11.5 Å². The summed E-state index contributed by atoms with van der Waals surface area (Å²) in [5, 5.41) is 21.6. The summed E-state index contributed by atoms with van der Waals surface area (Å²) in [4.78, 5) is 11.1. The maximum atomic E-state index is 11.1. The van der Waals surface area contributed by atoms with Crippen molar-refractivity contribution in [2.75, 3.05) is 5.32 Å². The Morgan fingerprint density at radius 1 is 1.56 bits per heavy atom. The summed E-state index contributed by atoms with van der Waals surface area (Å²) < 4.78 is 5.72. The number of benzene rings is 1. The molecule has 1 aromatic rings. The lowest BCUT2D eigenvalue weighted by molar-refractivity contribution is -0.143. The van der Waals surface area contributed by atoms with Crippen LogP contribution >= 0.6 is 0 Å². The predicted molar refractivity (Wildman–Crippen MR) is 66.8 cm³/mol. The molecule has 0 aromatic heterocycles. The number of hydrogen-bond acceptors (Lipinski definition) is 4. The van der Waals surface area contributed by atoms with Gasteiger partial charge in [0.2, 0.25) is 0 Å². The molecule has 0 fully saturated rings. The SMILES string of the molecule is CCC(CC1(C)Nc2ccc(O)cc2O1)C(=O)O. The molecular formula is C13H17NO4. The number of carbonyl (C=O) groups is 1. The summed E-state index contributed by atoms with van der Waals surface area (Å²) >= 11 is 0. The van der Waals surface area contributed by atoms with E-state index in [0.717, 1.165) is 5.69 Å². The fraction of sp³-hybridized carbons (Fsp3) is 0.462. The molecule has 2 unspecified atom stereocenters.